The molecule has 0 unspecified atom stereocenters. The zero-order valence-corrected chi connectivity index (χ0v) is 18.9. The Labute approximate surface area is 191 Å². The van der Waals surface area contributed by atoms with Gasteiger partial charge in [-0.05, 0) is 50.8 Å². The van der Waals surface area contributed by atoms with E-state index in [1.54, 1.807) is 12.1 Å². The monoisotopic (exact) mass is 451 g/mol. The SMILES string of the molecule is C[C@@H]1CCC[C@H](C)N1C(=O)[C@@H]1Sc2nnc(-c3ccccc3)n2N[C@H]1c1ccc(F)cc1. The Morgan fingerprint density at radius 1 is 1.03 bits per heavy atom. The van der Waals surface area contributed by atoms with E-state index in [-0.39, 0.29) is 29.8 Å². The molecule has 2 aliphatic heterocycles. The van der Waals surface area contributed by atoms with E-state index in [1.165, 1.54) is 23.9 Å². The molecular weight excluding hydrogens is 425 g/mol. The van der Waals surface area contributed by atoms with Crippen LogP contribution in [0.25, 0.3) is 11.4 Å². The average molecular weight is 452 g/mol. The first-order valence-corrected chi connectivity index (χ1v) is 11.9. The summed E-state index contributed by atoms with van der Waals surface area (Å²) >= 11 is 1.43. The van der Waals surface area contributed by atoms with E-state index in [2.05, 4.69) is 29.5 Å². The lowest BCUT2D eigenvalue weighted by Crippen LogP contribution is -2.53. The molecule has 5 rings (SSSR count). The van der Waals surface area contributed by atoms with Gasteiger partial charge in [0.2, 0.25) is 11.1 Å². The zero-order chi connectivity index (χ0) is 22.2. The van der Waals surface area contributed by atoms with Crippen LogP contribution in [0.3, 0.4) is 0 Å². The van der Waals surface area contributed by atoms with Crippen molar-refractivity contribution in [1.82, 2.24) is 19.8 Å². The number of nitrogens with one attached hydrogen (secondary N) is 1. The number of amides is 1. The normalized spacial score (nSPS) is 25.2. The molecule has 166 valence electrons. The van der Waals surface area contributed by atoms with E-state index in [4.69, 9.17) is 0 Å². The van der Waals surface area contributed by atoms with Crippen LogP contribution in [0, 0.1) is 5.82 Å². The van der Waals surface area contributed by atoms with Gasteiger partial charge >= 0.3 is 0 Å². The number of carbonyl (C=O) groups excluding carboxylic acids is 1. The van der Waals surface area contributed by atoms with Gasteiger partial charge in [-0.1, -0.05) is 54.2 Å². The number of carbonyl (C=O) groups is 1. The summed E-state index contributed by atoms with van der Waals surface area (Å²) in [5.74, 6) is 0.478. The van der Waals surface area contributed by atoms with E-state index >= 15 is 0 Å². The molecule has 32 heavy (non-hydrogen) atoms. The van der Waals surface area contributed by atoms with Crippen LogP contribution in [0.1, 0.15) is 44.7 Å². The summed E-state index contributed by atoms with van der Waals surface area (Å²) in [4.78, 5) is 15.9. The molecule has 1 saturated heterocycles. The maximum absolute atomic E-state index is 13.8. The van der Waals surface area contributed by atoms with Gasteiger partial charge in [0.15, 0.2) is 5.82 Å². The Hall–Kier alpha value is -2.87. The molecule has 1 N–H and O–H groups in total. The zero-order valence-electron chi connectivity index (χ0n) is 18.1. The maximum atomic E-state index is 13.8. The van der Waals surface area contributed by atoms with Crippen molar-refractivity contribution in [1.29, 1.82) is 0 Å². The number of halogens is 1. The minimum absolute atomic E-state index is 0.0898. The van der Waals surface area contributed by atoms with Gasteiger partial charge in [-0.25, -0.2) is 9.07 Å². The highest BCUT2D eigenvalue weighted by atomic mass is 32.2. The molecule has 4 atom stereocenters. The van der Waals surface area contributed by atoms with Gasteiger partial charge in [0.1, 0.15) is 11.1 Å². The fourth-order valence-corrected chi connectivity index (χ4v) is 5.88. The summed E-state index contributed by atoms with van der Waals surface area (Å²) in [6, 6.07) is 16.2. The summed E-state index contributed by atoms with van der Waals surface area (Å²) in [6.07, 6.45) is 3.16. The van der Waals surface area contributed by atoms with Crippen molar-refractivity contribution in [2.45, 2.75) is 61.6 Å². The first-order chi connectivity index (χ1) is 15.5. The van der Waals surface area contributed by atoms with Crippen LogP contribution in [-0.4, -0.2) is 43.0 Å². The quantitative estimate of drug-likeness (QED) is 0.629. The lowest BCUT2D eigenvalue weighted by atomic mass is 9.95. The number of hydrogen-bond donors (Lipinski definition) is 1. The third-order valence-electron chi connectivity index (χ3n) is 6.39. The van der Waals surface area contributed by atoms with Crippen molar-refractivity contribution in [3.05, 3.63) is 66.0 Å². The smallest absolute Gasteiger partial charge is 0.239 e. The van der Waals surface area contributed by atoms with Crippen LogP contribution in [-0.2, 0) is 4.79 Å². The lowest BCUT2D eigenvalue weighted by molar-refractivity contribution is -0.137. The van der Waals surface area contributed by atoms with Crippen molar-refractivity contribution in [2.75, 3.05) is 5.43 Å². The van der Waals surface area contributed by atoms with Crippen LogP contribution in [0.5, 0.6) is 0 Å². The van der Waals surface area contributed by atoms with E-state index in [9.17, 15) is 9.18 Å². The molecule has 3 aromatic rings. The van der Waals surface area contributed by atoms with Crippen LogP contribution in [0.2, 0.25) is 0 Å². The summed E-state index contributed by atoms with van der Waals surface area (Å²) < 4.78 is 15.5. The Bertz CT molecular complexity index is 1090. The fraction of sp³-hybridized carbons (Fsp3) is 0.375. The second kappa shape index (κ2) is 8.58. The maximum Gasteiger partial charge on any atom is 0.239 e. The first kappa shape index (κ1) is 21.0. The molecule has 3 heterocycles. The number of aromatic nitrogens is 3. The highest BCUT2D eigenvalue weighted by Crippen LogP contribution is 2.40. The molecule has 0 radical (unpaired) electrons. The van der Waals surface area contributed by atoms with Crippen LogP contribution >= 0.6 is 11.8 Å². The summed E-state index contributed by atoms with van der Waals surface area (Å²) in [6.45, 7) is 4.24. The molecular formula is C24H26FN5OS. The molecule has 8 heteroatoms. The largest absolute Gasteiger partial charge is 0.336 e. The molecule has 1 amide bonds. The van der Waals surface area contributed by atoms with E-state index in [0.29, 0.717) is 11.0 Å². The third-order valence-corrected chi connectivity index (χ3v) is 7.59. The Morgan fingerprint density at radius 3 is 2.41 bits per heavy atom. The molecule has 1 aromatic heterocycles. The third kappa shape index (κ3) is 3.77. The topological polar surface area (TPSA) is 63.1 Å². The predicted molar refractivity (Wildman–Crippen MR) is 123 cm³/mol. The van der Waals surface area contributed by atoms with Crippen LogP contribution in [0.15, 0.2) is 59.8 Å². The van der Waals surface area contributed by atoms with Crippen LogP contribution < -0.4 is 5.43 Å². The molecule has 0 spiro atoms. The second-order valence-corrected chi connectivity index (χ2v) is 9.69. The molecule has 0 saturated carbocycles. The van der Waals surface area contributed by atoms with Gasteiger partial charge < -0.3 is 10.3 Å². The number of likely N-dealkylation sites (tertiary alicyclic amines) is 1. The Kier molecular flexibility index (Phi) is 5.63. The first-order valence-electron chi connectivity index (χ1n) is 11.0. The number of nitrogens with zero attached hydrogens (tertiary/aromatic N) is 4. The Morgan fingerprint density at radius 2 is 1.72 bits per heavy atom. The van der Waals surface area contributed by atoms with Crippen molar-refractivity contribution in [2.24, 2.45) is 0 Å². The summed E-state index contributed by atoms with van der Waals surface area (Å²) in [7, 11) is 0. The molecule has 2 aromatic carbocycles. The fourth-order valence-electron chi connectivity index (χ4n) is 4.74. The van der Waals surface area contributed by atoms with Gasteiger partial charge in [-0.2, -0.15) is 0 Å². The number of fused-ring (bicyclic) bond motifs is 1. The standard InChI is InChI=1S/C24H26FN5OS/c1-15-7-6-8-16(2)29(15)23(31)21-20(17-11-13-19(25)14-12-17)28-30-22(26-27-24(30)32-21)18-9-4-3-5-10-18/h3-5,9-16,20-21,28H,6-8H2,1-2H3/t15-,16+,20-,21+/m0/s1. The molecule has 0 bridgehead atoms. The highest BCUT2D eigenvalue weighted by Gasteiger charge is 2.42. The summed E-state index contributed by atoms with van der Waals surface area (Å²) in [5, 5.41) is 8.99. The minimum Gasteiger partial charge on any atom is -0.336 e. The van der Waals surface area contributed by atoms with Gasteiger partial charge in [-0.3, -0.25) is 4.79 Å². The number of rotatable bonds is 3. The van der Waals surface area contributed by atoms with E-state index in [1.807, 2.05) is 39.9 Å². The molecule has 0 aliphatic carbocycles. The Balaban J connectivity index is 1.54. The highest BCUT2D eigenvalue weighted by molar-refractivity contribution is 8.00. The second-order valence-electron chi connectivity index (χ2n) is 8.58. The lowest BCUT2D eigenvalue weighted by Gasteiger charge is -2.43. The van der Waals surface area contributed by atoms with Crippen molar-refractivity contribution in [3.63, 3.8) is 0 Å². The minimum atomic E-state index is -0.427. The van der Waals surface area contributed by atoms with Gasteiger partial charge in [0.05, 0.1) is 6.04 Å². The molecule has 2 aliphatic rings. The van der Waals surface area contributed by atoms with E-state index < -0.39 is 5.25 Å². The van der Waals surface area contributed by atoms with Gasteiger partial charge in [-0.15, -0.1) is 10.2 Å². The number of thioether (sulfide) groups is 1. The van der Waals surface area contributed by atoms with Crippen LogP contribution in [0.4, 0.5) is 4.39 Å². The number of benzene rings is 2. The predicted octanol–water partition coefficient (Wildman–Crippen LogP) is 4.63. The molecule has 1 fully saturated rings. The number of piperidine rings is 1. The average Bonchev–Trinajstić information content (AvgIpc) is 3.22. The summed E-state index contributed by atoms with van der Waals surface area (Å²) in [5.41, 5.74) is 5.27. The number of hydrogen-bond acceptors (Lipinski definition) is 5. The van der Waals surface area contributed by atoms with E-state index in [0.717, 1.165) is 30.4 Å². The molecule has 6 nitrogen and oxygen atoms in total. The van der Waals surface area contributed by atoms with Crippen molar-refractivity contribution >= 4 is 17.7 Å². The van der Waals surface area contributed by atoms with Gasteiger partial charge in [0, 0.05) is 17.6 Å². The van der Waals surface area contributed by atoms with Crippen molar-refractivity contribution in [3.8, 4) is 11.4 Å². The van der Waals surface area contributed by atoms with Crippen molar-refractivity contribution < 1.29 is 9.18 Å². The van der Waals surface area contributed by atoms with Gasteiger partial charge in [0.25, 0.3) is 0 Å².